The standard InChI is InChI=1S/C16H18F2N2O/c1-10-4-6-20(9-15(10)21-2)14-3-5-19-16-12(14)7-11(17)8-13(16)18/h3,5,7-8,10,15H,4,6,9H2,1-2H3. The van der Waals surface area contributed by atoms with Crippen LogP contribution in [0.4, 0.5) is 14.5 Å². The molecule has 0 spiro atoms. The Labute approximate surface area is 122 Å². The van der Waals surface area contributed by atoms with Crippen LogP contribution in [-0.2, 0) is 4.74 Å². The van der Waals surface area contributed by atoms with Crippen LogP contribution in [0.1, 0.15) is 13.3 Å². The fourth-order valence-electron chi connectivity index (χ4n) is 3.00. The number of aromatic nitrogens is 1. The fraction of sp³-hybridized carbons (Fsp3) is 0.438. The molecule has 1 fully saturated rings. The summed E-state index contributed by atoms with van der Waals surface area (Å²) in [5, 5.41) is 0.513. The largest absolute Gasteiger partial charge is 0.379 e. The molecule has 0 bridgehead atoms. The average molecular weight is 292 g/mol. The van der Waals surface area contributed by atoms with Crippen molar-refractivity contribution >= 4 is 16.6 Å². The molecule has 1 aromatic heterocycles. The van der Waals surface area contributed by atoms with E-state index in [2.05, 4.69) is 16.8 Å². The summed E-state index contributed by atoms with van der Waals surface area (Å²) in [6.45, 7) is 3.72. The highest BCUT2D eigenvalue weighted by molar-refractivity contribution is 5.92. The van der Waals surface area contributed by atoms with Crippen molar-refractivity contribution in [2.75, 3.05) is 25.1 Å². The van der Waals surface area contributed by atoms with Crippen molar-refractivity contribution < 1.29 is 13.5 Å². The van der Waals surface area contributed by atoms with E-state index in [-0.39, 0.29) is 11.6 Å². The third-order valence-corrected chi connectivity index (χ3v) is 4.27. The SMILES string of the molecule is COC1CN(c2ccnc3c(F)cc(F)cc23)CCC1C. The second kappa shape index (κ2) is 5.56. The summed E-state index contributed by atoms with van der Waals surface area (Å²) in [6, 6.07) is 4.03. The molecular weight excluding hydrogens is 274 g/mol. The van der Waals surface area contributed by atoms with Gasteiger partial charge in [0.05, 0.1) is 6.10 Å². The number of piperidine rings is 1. The van der Waals surface area contributed by atoms with Crippen LogP contribution < -0.4 is 4.90 Å². The summed E-state index contributed by atoms with van der Waals surface area (Å²) in [7, 11) is 1.70. The van der Waals surface area contributed by atoms with E-state index >= 15 is 0 Å². The maximum Gasteiger partial charge on any atom is 0.152 e. The summed E-state index contributed by atoms with van der Waals surface area (Å²) in [4.78, 5) is 6.15. The van der Waals surface area contributed by atoms with Crippen LogP contribution in [0.2, 0.25) is 0 Å². The van der Waals surface area contributed by atoms with Gasteiger partial charge in [-0.05, 0) is 24.5 Å². The number of nitrogens with zero attached hydrogens (tertiary/aromatic N) is 2. The molecule has 0 N–H and O–H groups in total. The molecule has 0 saturated carbocycles. The second-order valence-electron chi connectivity index (χ2n) is 5.60. The van der Waals surface area contributed by atoms with Gasteiger partial charge in [0.1, 0.15) is 11.3 Å². The summed E-state index contributed by atoms with van der Waals surface area (Å²) in [5.41, 5.74) is 1.02. The average Bonchev–Trinajstić information content (AvgIpc) is 2.47. The van der Waals surface area contributed by atoms with Gasteiger partial charge in [0.2, 0.25) is 0 Å². The van der Waals surface area contributed by atoms with Gasteiger partial charge in [0.25, 0.3) is 0 Å². The third-order valence-electron chi connectivity index (χ3n) is 4.27. The zero-order chi connectivity index (χ0) is 15.0. The van der Waals surface area contributed by atoms with E-state index < -0.39 is 11.6 Å². The van der Waals surface area contributed by atoms with Gasteiger partial charge in [-0.15, -0.1) is 0 Å². The molecule has 1 aliphatic rings. The number of halogens is 2. The quantitative estimate of drug-likeness (QED) is 0.848. The van der Waals surface area contributed by atoms with Crippen molar-refractivity contribution in [1.29, 1.82) is 0 Å². The van der Waals surface area contributed by atoms with E-state index in [1.807, 2.05) is 6.07 Å². The molecule has 2 aromatic rings. The van der Waals surface area contributed by atoms with Crippen molar-refractivity contribution in [1.82, 2.24) is 4.98 Å². The number of hydrogen-bond acceptors (Lipinski definition) is 3. The second-order valence-corrected chi connectivity index (χ2v) is 5.60. The van der Waals surface area contributed by atoms with E-state index in [1.165, 1.54) is 6.07 Å². The third kappa shape index (κ3) is 2.58. The molecule has 2 heterocycles. The molecule has 2 atom stereocenters. The highest BCUT2D eigenvalue weighted by atomic mass is 19.1. The highest BCUT2D eigenvalue weighted by Crippen LogP contribution is 2.31. The Morgan fingerprint density at radius 2 is 2.14 bits per heavy atom. The minimum Gasteiger partial charge on any atom is -0.379 e. The Morgan fingerprint density at radius 1 is 1.33 bits per heavy atom. The Balaban J connectivity index is 2.04. The Bertz CT molecular complexity index is 662. The lowest BCUT2D eigenvalue weighted by Crippen LogP contribution is -2.44. The Morgan fingerprint density at radius 3 is 2.90 bits per heavy atom. The lowest BCUT2D eigenvalue weighted by Gasteiger charge is -2.38. The Hall–Kier alpha value is -1.75. The van der Waals surface area contributed by atoms with Gasteiger partial charge in [-0.3, -0.25) is 4.98 Å². The molecule has 1 saturated heterocycles. The summed E-state index contributed by atoms with van der Waals surface area (Å²) in [6.07, 6.45) is 2.68. The van der Waals surface area contributed by atoms with E-state index in [1.54, 1.807) is 13.3 Å². The number of rotatable bonds is 2. The van der Waals surface area contributed by atoms with E-state index in [0.717, 1.165) is 31.3 Å². The first-order valence-electron chi connectivity index (χ1n) is 7.11. The van der Waals surface area contributed by atoms with Crippen molar-refractivity contribution in [2.24, 2.45) is 5.92 Å². The summed E-state index contributed by atoms with van der Waals surface area (Å²) >= 11 is 0. The number of methoxy groups -OCH3 is 1. The molecular formula is C16H18F2N2O. The molecule has 3 rings (SSSR count). The predicted molar refractivity (Wildman–Crippen MR) is 78.5 cm³/mol. The number of ether oxygens (including phenoxy) is 1. The van der Waals surface area contributed by atoms with Gasteiger partial charge in [0.15, 0.2) is 5.82 Å². The number of anilines is 1. The molecule has 2 unspecified atom stereocenters. The predicted octanol–water partition coefficient (Wildman–Crippen LogP) is 3.37. The Kier molecular flexibility index (Phi) is 3.76. The van der Waals surface area contributed by atoms with Crippen LogP contribution in [0.3, 0.4) is 0 Å². The zero-order valence-electron chi connectivity index (χ0n) is 12.1. The zero-order valence-corrected chi connectivity index (χ0v) is 12.1. The normalized spacial score (nSPS) is 22.8. The number of hydrogen-bond donors (Lipinski definition) is 0. The van der Waals surface area contributed by atoms with Crippen LogP contribution in [-0.4, -0.2) is 31.3 Å². The van der Waals surface area contributed by atoms with Gasteiger partial charge < -0.3 is 9.64 Å². The summed E-state index contributed by atoms with van der Waals surface area (Å²) < 4.78 is 32.9. The molecule has 21 heavy (non-hydrogen) atoms. The van der Waals surface area contributed by atoms with Gasteiger partial charge in [-0.2, -0.15) is 0 Å². The van der Waals surface area contributed by atoms with Crippen molar-refractivity contribution in [3.8, 4) is 0 Å². The minimum atomic E-state index is -0.625. The van der Waals surface area contributed by atoms with Crippen molar-refractivity contribution in [3.05, 3.63) is 36.0 Å². The molecule has 3 nitrogen and oxygen atoms in total. The van der Waals surface area contributed by atoms with Crippen LogP contribution in [0.5, 0.6) is 0 Å². The number of fused-ring (bicyclic) bond motifs is 1. The van der Waals surface area contributed by atoms with E-state index in [0.29, 0.717) is 11.3 Å². The molecule has 1 aromatic carbocycles. The molecule has 0 aliphatic carbocycles. The first-order valence-corrected chi connectivity index (χ1v) is 7.11. The van der Waals surface area contributed by atoms with Crippen LogP contribution in [0, 0.1) is 17.6 Å². The van der Waals surface area contributed by atoms with E-state index in [9.17, 15) is 8.78 Å². The maximum absolute atomic E-state index is 13.9. The fourth-order valence-corrected chi connectivity index (χ4v) is 3.00. The van der Waals surface area contributed by atoms with Crippen LogP contribution >= 0.6 is 0 Å². The summed E-state index contributed by atoms with van der Waals surface area (Å²) in [5.74, 6) is -0.726. The van der Waals surface area contributed by atoms with Crippen molar-refractivity contribution in [3.63, 3.8) is 0 Å². The van der Waals surface area contributed by atoms with Crippen LogP contribution in [0.15, 0.2) is 24.4 Å². The van der Waals surface area contributed by atoms with Gasteiger partial charge >= 0.3 is 0 Å². The monoisotopic (exact) mass is 292 g/mol. The molecule has 0 radical (unpaired) electrons. The van der Waals surface area contributed by atoms with Crippen molar-refractivity contribution in [2.45, 2.75) is 19.4 Å². The van der Waals surface area contributed by atoms with Crippen LogP contribution in [0.25, 0.3) is 10.9 Å². The molecule has 1 aliphatic heterocycles. The number of pyridine rings is 1. The lowest BCUT2D eigenvalue weighted by atomic mass is 9.95. The lowest BCUT2D eigenvalue weighted by molar-refractivity contribution is 0.0499. The molecule has 5 heteroatoms. The molecule has 112 valence electrons. The number of benzene rings is 1. The van der Waals surface area contributed by atoms with Gasteiger partial charge in [-0.1, -0.05) is 6.92 Å². The smallest absolute Gasteiger partial charge is 0.152 e. The molecule has 0 amide bonds. The minimum absolute atomic E-state index is 0.125. The maximum atomic E-state index is 13.9. The van der Waals surface area contributed by atoms with E-state index in [4.69, 9.17) is 4.74 Å². The topological polar surface area (TPSA) is 25.4 Å². The van der Waals surface area contributed by atoms with Gasteiger partial charge in [0, 0.05) is 43.5 Å². The first-order chi connectivity index (χ1) is 10.1. The van der Waals surface area contributed by atoms with Gasteiger partial charge in [-0.25, -0.2) is 8.78 Å². The first kappa shape index (κ1) is 14.2. The highest BCUT2D eigenvalue weighted by Gasteiger charge is 2.27.